The van der Waals surface area contributed by atoms with E-state index in [9.17, 15) is 4.79 Å². The molecule has 1 aliphatic heterocycles. The van der Waals surface area contributed by atoms with Crippen LogP contribution in [0.3, 0.4) is 0 Å². The number of carbonyl (C=O) groups is 1. The van der Waals surface area contributed by atoms with Crippen LogP contribution in [0.15, 0.2) is 24.5 Å². The van der Waals surface area contributed by atoms with Crippen molar-refractivity contribution in [3.8, 4) is 0 Å². The number of rotatable bonds is 4. The molecule has 2 N–H and O–H groups in total. The number of ether oxygens (including phenoxy) is 1. The first-order valence-electron chi connectivity index (χ1n) is 6.65. The fourth-order valence-electron chi connectivity index (χ4n) is 2.56. The first kappa shape index (κ1) is 14.0. The van der Waals surface area contributed by atoms with Gasteiger partial charge >= 0.3 is 0 Å². The molecule has 2 unspecified atom stereocenters. The fourth-order valence-corrected chi connectivity index (χ4v) is 2.56. The Morgan fingerprint density at radius 2 is 2.47 bits per heavy atom. The summed E-state index contributed by atoms with van der Waals surface area (Å²) in [7, 11) is 1.71. The lowest BCUT2D eigenvalue weighted by molar-refractivity contribution is -0.136. The van der Waals surface area contributed by atoms with Gasteiger partial charge in [-0.3, -0.25) is 9.78 Å². The third-order valence-corrected chi connectivity index (χ3v) is 3.67. The van der Waals surface area contributed by atoms with Crippen molar-refractivity contribution >= 4 is 5.91 Å². The minimum Gasteiger partial charge on any atom is -0.381 e. The van der Waals surface area contributed by atoms with Gasteiger partial charge in [0.25, 0.3) is 0 Å². The molecule has 5 heteroatoms. The summed E-state index contributed by atoms with van der Waals surface area (Å²) in [5.41, 5.74) is 6.72. The Balaban J connectivity index is 1.98. The number of nitrogens with zero attached hydrogens (tertiary/aromatic N) is 2. The lowest BCUT2D eigenvalue weighted by atomic mass is 9.98. The van der Waals surface area contributed by atoms with Gasteiger partial charge in [0.2, 0.25) is 5.91 Å². The number of carbonyl (C=O) groups excluding carboxylic acids is 1. The van der Waals surface area contributed by atoms with Crippen LogP contribution >= 0.6 is 0 Å². The summed E-state index contributed by atoms with van der Waals surface area (Å²) in [5, 5.41) is 0. The van der Waals surface area contributed by atoms with E-state index in [4.69, 9.17) is 10.5 Å². The highest BCUT2D eigenvalue weighted by Gasteiger charge is 2.30. The Hall–Kier alpha value is -1.46. The summed E-state index contributed by atoms with van der Waals surface area (Å²) in [6, 6.07) is 3.85. The molecule has 0 aromatic carbocycles. The summed E-state index contributed by atoms with van der Waals surface area (Å²) in [6.07, 6.45) is 5.76. The molecule has 1 aromatic heterocycles. The van der Waals surface area contributed by atoms with Crippen molar-refractivity contribution in [3.05, 3.63) is 30.1 Å². The van der Waals surface area contributed by atoms with Crippen LogP contribution in [0.2, 0.25) is 0 Å². The van der Waals surface area contributed by atoms with E-state index in [2.05, 4.69) is 4.98 Å². The summed E-state index contributed by atoms with van der Waals surface area (Å²) in [5.74, 6) is 0.123. The zero-order valence-corrected chi connectivity index (χ0v) is 11.3. The molecule has 19 heavy (non-hydrogen) atoms. The Morgan fingerprint density at radius 1 is 1.63 bits per heavy atom. The first-order chi connectivity index (χ1) is 9.24. The van der Waals surface area contributed by atoms with Crippen molar-refractivity contribution in [2.75, 3.05) is 20.2 Å². The van der Waals surface area contributed by atoms with Gasteiger partial charge in [0.15, 0.2) is 0 Å². The van der Waals surface area contributed by atoms with E-state index in [1.807, 2.05) is 17.0 Å². The molecule has 104 valence electrons. The second kappa shape index (κ2) is 6.63. The second-order valence-corrected chi connectivity index (χ2v) is 4.90. The molecule has 1 aliphatic rings. The van der Waals surface area contributed by atoms with Crippen molar-refractivity contribution in [2.45, 2.75) is 31.4 Å². The van der Waals surface area contributed by atoms with Gasteiger partial charge in [-0.25, -0.2) is 0 Å². The molecule has 2 rings (SSSR count). The molecule has 0 saturated carbocycles. The summed E-state index contributed by atoms with van der Waals surface area (Å²) < 4.78 is 5.37. The van der Waals surface area contributed by atoms with Crippen LogP contribution < -0.4 is 5.73 Å². The highest BCUT2D eigenvalue weighted by Crippen LogP contribution is 2.20. The van der Waals surface area contributed by atoms with Gasteiger partial charge in [-0.15, -0.1) is 0 Å². The third kappa shape index (κ3) is 3.52. The Kier molecular flexibility index (Phi) is 4.87. The Bertz CT molecular complexity index is 410. The average molecular weight is 263 g/mol. The number of amides is 1. The van der Waals surface area contributed by atoms with Crippen molar-refractivity contribution in [1.29, 1.82) is 0 Å². The van der Waals surface area contributed by atoms with Crippen molar-refractivity contribution in [2.24, 2.45) is 5.73 Å². The lowest BCUT2D eigenvalue weighted by Gasteiger charge is -2.38. The van der Waals surface area contributed by atoms with Crippen molar-refractivity contribution in [1.82, 2.24) is 9.88 Å². The normalized spacial score (nSPS) is 23.4. The topological polar surface area (TPSA) is 68.5 Å². The van der Waals surface area contributed by atoms with Gasteiger partial charge in [0.05, 0.1) is 12.5 Å². The molecule has 2 heterocycles. The SMILES string of the molecule is COC1CCN(C(=O)Cc2cccnc2)C(CN)C1. The zero-order valence-electron chi connectivity index (χ0n) is 11.3. The number of piperidine rings is 1. The predicted molar refractivity (Wildman–Crippen MR) is 72.5 cm³/mol. The molecule has 1 fully saturated rings. The smallest absolute Gasteiger partial charge is 0.227 e. The van der Waals surface area contributed by atoms with Crippen molar-refractivity contribution < 1.29 is 9.53 Å². The van der Waals surface area contributed by atoms with E-state index in [0.29, 0.717) is 13.0 Å². The van der Waals surface area contributed by atoms with E-state index in [1.165, 1.54) is 0 Å². The van der Waals surface area contributed by atoms with Gasteiger partial charge < -0.3 is 15.4 Å². The first-order valence-corrected chi connectivity index (χ1v) is 6.65. The van der Waals surface area contributed by atoms with E-state index in [-0.39, 0.29) is 18.1 Å². The number of pyridine rings is 1. The quantitative estimate of drug-likeness (QED) is 0.863. The van der Waals surface area contributed by atoms with E-state index in [1.54, 1.807) is 19.5 Å². The van der Waals surface area contributed by atoms with Crippen LogP contribution in [0.25, 0.3) is 0 Å². The molecule has 0 bridgehead atoms. The summed E-state index contributed by atoms with van der Waals surface area (Å²) in [4.78, 5) is 18.3. The molecule has 5 nitrogen and oxygen atoms in total. The van der Waals surface area contributed by atoms with Gasteiger partial charge in [-0.2, -0.15) is 0 Å². The summed E-state index contributed by atoms with van der Waals surface area (Å²) >= 11 is 0. The number of hydrogen-bond acceptors (Lipinski definition) is 4. The molecule has 1 aromatic rings. The maximum absolute atomic E-state index is 12.3. The maximum atomic E-state index is 12.3. The summed E-state index contributed by atoms with van der Waals surface area (Å²) in [6.45, 7) is 1.21. The highest BCUT2D eigenvalue weighted by molar-refractivity contribution is 5.79. The van der Waals surface area contributed by atoms with E-state index < -0.39 is 0 Å². The molecule has 0 radical (unpaired) electrons. The van der Waals surface area contributed by atoms with Crippen LogP contribution in [-0.2, 0) is 16.0 Å². The standard InChI is InChI=1S/C14H21N3O2/c1-19-13-4-6-17(12(8-13)9-15)14(18)7-11-3-2-5-16-10-11/h2-3,5,10,12-13H,4,6-9,15H2,1H3. The number of nitrogens with two attached hydrogens (primary N) is 1. The third-order valence-electron chi connectivity index (χ3n) is 3.67. The second-order valence-electron chi connectivity index (χ2n) is 4.90. The van der Waals surface area contributed by atoms with Gasteiger partial charge in [0.1, 0.15) is 0 Å². The predicted octanol–water partition coefficient (Wildman–Crippen LogP) is 0.589. The molecule has 1 amide bonds. The minimum absolute atomic E-state index is 0.0860. The molecule has 0 spiro atoms. The number of aromatic nitrogens is 1. The minimum atomic E-state index is 0.0860. The van der Waals surface area contributed by atoms with Gasteiger partial charge in [0, 0.05) is 38.6 Å². The van der Waals surface area contributed by atoms with Crippen LogP contribution in [0.4, 0.5) is 0 Å². The number of hydrogen-bond donors (Lipinski definition) is 1. The molecule has 0 aliphatic carbocycles. The Morgan fingerprint density at radius 3 is 3.11 bits per heavy atom. The van der Waals surface area contributed by atoms with Crippen LogP contribution in [0.1, 0.15) is 18.4 Å². The molecule has 1 saturated heterocycles. The van der Waals surface area contributed by atoms with Crippen LogP contribution in [0.5, 0.6) is 0 Å². The fraction of sp³-hybridized carbons (Fsp3) is 0.571. The monoisotopic (exact) mass is 263 g/mol. The molecular formula is C14H21N3O2. The molecular weight excluding hydrogens is 242 g/mol. The average Bonchev–Trinajstić information content (AvgIpc) is 2.47. The van der Waals surface area contributed by atoms with Gasteiger partial charge in [-0.05, 0) is 24.5 Å². The lowest BCUT2D eigenvalue weighted by Crippen LogP contribution is -2.51. The van der Waals surface area contributed by atoms with E-state index in [0.717, 1.165) is 24.9 Å². The largest absolute Gasteiger partial charge is 0.381 e. The van der Waals surface area contributed by atoms with E-state index >= 15 is 0 Å². The Labute approximate surface area is 113 Å². The van der Waals surface area contributed by atoms with Gasteiger partial charge in [-0.1, -0.05) is 6.07 Å². The van der Waals surface area contributed by atoms with Crippen LogP contribution in [-0.4, -0.2) is 48.1 Å². The highest BCUT2D eigenvalue weighted by atomic mass is 16.5. The number of methoxy groups -OCH3 is 1. The van der Waals surface area contributed by atoms with Crippen molar-refractivity contribution in [3.63, 3.8) is 0 Å². The zero-order chi connectivity index (χ0) is 13.7. The van der Waals surface area contributed by atoms with Crippen LogP contribution in [0, 0.1) is 0 Å². The number of likely N-dealkylation sites (tertiary alicyclic amines) is 1. The maximum Gasteiger partial charge on any atom is 0.227 e. The molecule has 2 atom stereocenters.